The van der Waals surface area contributed by atoms with Gasteiger partial charge in [-0.2, -0.15) is 0 Å². The van der Waals surface area contributed by atoms with Crippen LogP contribution in [0.15, 0.2) is 12.7 Å². The summed E-state index contributed by atoms with van der Waals surface area (Å²) < 4.78 is 11.1. The zero-order chi connectivity index (χ0) is 10.1. The van der Waals surface area contributed by atoms with Crippen molar-refractivity contribution in [2.24, 2.45) is 0 Å². The first-order valence-electron chi connectivity index (χ1n) is 4.07. The van der Waals surface area contributed by atoms with Gasteiger partial charge in [0.05, 0.1) is 0 Å². The molecule has 6 heteroatoms. The van der Waals surface area contributed by atoms with Gasteiger partial charge < -0.3 is 9.79 Å². The molecule has 13 heavy (non-hydrogen) atoms. The number of hydrogen-bond acceptors (Lipinski definition) is 3. The normalized spacial score (nSPS) is 26.5. The maximum Gasteiger partial charge on any atom is 0.357 e. The summed E-state index contributed by atoms with van der Waals surface area (Å²) in [6.45, 7) is 5.43. The van der Waals surface area contributed by atoms with Crippen molar-refractivity contribution in [3.63, 3.8) is 0 Å². The minimum absolute atomic E-state index is 0.514. The maximum atomic E-state index is 11.1. The topological polar surface area (TPSA) is 64.0 Å². The predicted molar refractivity (Wildman–Crippen MR) is 50.2 cm³/mol. The second-order valence-corrected chi connectivity index (χ2v) is 4.84. The largest absolute Gasteiger partial charge is 0.357 e. The summed E-state index contributed by atoms with van der Waals surface area (Å²) in [6.07, 6.45) is 1.65. The molecule has 0 radical (unpaired) electrons. The molecule has 0 amide bonds. The fraction of sp³-hybridized carbons (Fsp3) is 0.714. The van der Waals surface area contributed by atoms with Gasteiger partial charge in [0.15, 0.2) is 5.91 Å². The summed E-state index contributed by atoms with van der Waals surface area (Å²) in [4.78, 5) is 21.6. The molecule has 1 atom stereocenters. The number of nitrogens with zero attached hydrogens (tertiary/aromatic N) is 2. The Morgan fingerprint density at radius 1 is 1.62 bits per heavy atom. The van der Waals surface area contributed by atoms with Crippen LogP contribution in [-0.4, -0.2) is 52.2 Å². The van der Waals surface area contributed by atoms with Gasteiger partial charge in [-0.05, 0) is 7.05 Å². The van der Waals surface area contributed by atoms with E-state index in [0.29, 0.717) is 19.6 Å². The van der Waals surface area contributed by atoms with Gasteiger partial charge in [0.25, 0.3) is 0 Å². The quantitative estimate of drug-likeness (QED) is 0.498. The van der Waals surface area contributed by atoms with Gasteiger partial charge in [-0.15, -0.1) is 6.58 Å². The van der Waals surface area contributed by atoms with Crippen molar-refractivity contribution in [2.45, 2.75) is 5.91 Å². The average molecular weight is 206 g/mol. The standard InChI is InChI=1S/C7H15N2O3P/c1-3-4-9-6-5-8(2)7(9)13(10,11)12/h3,7H,1,4-6H2,2H3,(H2,10,11,12). The Morgan fingerprint density at radius 3 is 2.69 bits per heavy atom. The fourth-order valence-electron chi connectivity index (χ4n) is 1.62. The third kappa shape index (κ3) is 2.39. The molecule has 0 aromatic carbocycles. The summed E-state index contributed by atoms with van der Waals surface area (Å²) >= 11 is 0. The minimum Gasteiger partial charge on any atom is -0.322 e. The Kier molecular flexibility index (Phi) is 3.27. The highest BCUT2D eigenvalue weighted by molar-refractivity contribution is 7.52. The van der Waals surface area contributed by atoms with Crippen LogP contribution in [0.3, 0.4) is 0 Å². The Morgan fingerprint density at radius 2 is 2.23 bits per heavy atom. The first kappa shape index (κ1) is 10.9. The van der Waals surface area contributed by atoms with E-state index in [0.717, 1.165) is 0 Å². The van der Waals surface area contributed by atoms with Gasteiger partial charge >= 0.3 is 7.60 Å². The van der Waals surface area contributed by atoms with Crippen LogP contribution in [0.2, 0.25) is 0 Å². The van der Waals surface area contributed by atoms with Crippen molar-refractivity contribution in [3.05, 3.63) is 12.7 Å². The van der Waals surface area contributed by atoms with Crippen LogP contribution in [0.1, 0.15) is 0 Å². The monoisotopic (exact) mass is 206 g/mol. The fourth-order valence-corrected chi connectivity index (χ4v) is 2.88. The lowest BCUT2D eigenvalue weighted by Gasteiger charge is -2.27. The molecule has 0 spiro atoms. The molecule has 1 aliphatic rings. The molecule has 1 heterocycles. The van der Waals surface area contributed by atoms with E-state index in [9.17, 15) is 4.57 Å². The number of hydrogen-bond donors (Lipinski definition) is 2. The molecular weight excluding hydrogens is 191 g/mol. The molecule has 1 unspecified atom stereocenters. The van der Waals surface area contributed by atoms with E-state index in [4.69, 9.17) is 9.79 Å². The Hall–Kier alpha value is -0.190. The van der Waals surface area contributed by atoms with E-state index in [-0.39, 0.29) is 0 Å². The molecule has 0 aliphatic carbocycles. The number of rotatable bonds is 3. The van der Waals surface area contributed by atoms with E-state index in [2.05, 4.69) is 6.58 Å². The lowest BCUT2D eigenvalue weighted by atomic mass is 10.5. The lowest BCUT2D eigenvalue weighted by molar-refractivity contribution is 0.200. The van der Waals surface area contributed by atoms with Crippen LogP contribution in [0, 0.1) is 0 Å². The van der Waals surface area contributed by atoms with Crippen LogP contribution in [-0.2, 0) is 4.57 Å². The first-order valence-corrected chi connectivity index (χ1v) is 5.75. The summed E-state index contributed by atoms with van der Waals surface area (Å²) in [6, 6.07) is 0. The molecule has 0 bridgehead atoms. The number of likely N-dealkylation sites (N-methyl/N-ethyl adjacent to an activating group) is 1. The summed E-state index contributed by atoms with van der Waals surface area (Å²) in [5.74, 6) is -0.773. The molecule has 1 saturated heterocycles. The van der Waals surface area contributed by atoms with Crippen molar-refractivity contribution in [2.75, 3.05) is 26.7 Å². The predicted octanol–water partition coefficient (Wildman–Crippen LogP) is -0.119. The molecule has 0 saturated carbocycles. The van der Waals surface area contributed by atoms with E-state index < -0.39 is 13.5 Å². The van der Waals surface area contributed by atoms with Crippen molar-refractivity contribution in [3.8, 4) is 0 Å². The molecule has 1 fully saturated rings. The Balaban J connectivity index is 2.77. The van der Waals surface area contributed by atoms with Crippen molar-refractivity contribution in [1.82, 2.24) is 9.80 Å². The average Bonchev–Trinajstić information content (AvgIpc) is 2.31. The molecule has 2 N–H and O–H groups in total. The van der Waals surface area contributed by atoms with Crippen LogP contribution < -0.4 is 0 Å². The lowest BCUT2D eigenvalue weighted by Crippen LogP contribution is -2.36. The molecule has 0 aromatic heterocycles. The second kappa shape index (κ2) is 3.90. The van der Waals surface area contributed by atoms with Crippen LogP contribution in [0.5, 0.6) is 0 Å². The van der Waals surface area contributed by atoms with Crippen molar-refractivity contribution < 1.29 is 14.4 Å². The third-order valence-corrected chi connectivity index (χ3v) is 3.45. The summed E-state index contributed by atoms with van der Waals surface area (Å²) in [5, 5.41) is 0. The molecule has 5 nitrogen and oxygen atoms in total. The molecule has 1 rings (SSSR count). The third-order valence-electron chi connectivity index (χ3n) is 2.13. The zero-order valence-electron chi connectivity index (χ0n) is 7.63. The Labute approximate surface area is 77.8 Å². The molecule has 76 valence electrons. The van der Waals surface area contributed by atoms with E-state index >= 15 is 0 Å². The highest BCUT2D eigenvalue weighted by atomic mass is 31.2. The van der Waals surface area contributed by atoms with Gasteiger partial charge in [-0.3, -0.25) is 14.4 Å². The van der Waals surface area contributed by atoms with Crippen molar-refractivity contribution >= 4 is 7.60 Å². The van der Waals surface area contributed by atoms with Gasteiger partial charge in [-0.25, -0.2) is 0 Å². The highest BCUT2D eigenvalue weighted by Gasteiger charge is 2.41. The smallest absolute Gasteiger partial charge is 0.322 e. The van der Waals surface area contributed by atoms with Gasteiger partial charge in [-0.1, -0.05) is 6.08 Å². The first-order chi connectivity index (χ1) is 5.96. The van der Waals surface area contributed by atoms with Crippen LogP contribution >= 0.6 is 7.60 Å². The highest BCUT2D eigenvalue weighted by Crippen LogP contribution is 2.45. The van der Waals surface area contributed by atoms with Gasteiger partial charge in [0, 0.05) is 19.6 Å². The molecule has 1 aliphatic heterocycles. The van der Waals surface area contributed by atoms with Crippen LogP contribution in [0.25, 0.3) is 0 Å². The van der Waals surface area contributed by atoms with Crippen molar-refractivity contribution in [1.29, 1.82) is 0 Å². The SMILES string of the molecule is C=CCN1CCN(C)C1P(=O)(O)O. The van der Waals surface area contributed by atoms with Crippen LogP contribution in [0.4, 0.5) is 0 Å². The van der Waals surface area contributed by atoms with E-state index in [1.54, 1.807) is 22.9 Å². The van der Waals surface area contributed by atoms with E-state index in [1.165, 1.54) is 0 Å². The summed E-state index contributed by atoms with van der Waals surface area (Å²) in [5.41, 5.74) is 0. The zero-order valence-corrected chi connectivity index (χ0v) is 8.52. The maximum absolute atomic E-state index is 11.1. The minimum atomic E-state index is -4.05. The van der Waals surface area contributed by atoms with Gasteiger partial charge in [0.2, 0.25) is 0 Å². The second-order valence-electron chi connectivity index (χ2n) is 3.20. The van der Waals surface area contributed by atoms with E-state index in [1.807, 2.05) is 0 Å². The molecule has 0 aromatic rings. The van der Waals surface area contributed by atoms with Gasteiger partial charge in [0.1, 0.15) is 0 Å². The Bertz CT molecular complexity index is 240. The molecular formula is C7H15N2O3P. The summed E-state index contributed by atoms with van der Waals surface area (Å²) in [7, 11) is -2.34.